The molecule has 6 nitrogen and oxygen atoms in total. The number of anilines is 1. The average Bonchev–Trinajstić information content (AvgIpc) is 3.03. The summed E-state index contributed by atoms with van der Waals surface area (Å²) in [5.41, 5.74) is 6.93. The summed E-state index contributed by atoms with van der Waals surface area (Å²) in [5.74, 6) is 0.841. The van der Waals surface area contributed by atoms with Crippen molar-refractivity contribution in [1.82, 2.24) is 9.97 Å². The summed E-state index contributed by atoms with van der Waals surface area (Å²) in [5, 5.41) is 2.90. The summed E-state index contributed by atoms with van der Waals surface area (Å²) in [7, 11) is -0.502. The van der Waals surface area contributed by atoms with Crippen molar-refractivity contribution in [2.24, 2.45) is 0 Å². The van der Waals surface area contributed by atoms with Crippen LogP contribution in [-0.4, -0.2) is 28.3 Å². The molecule has 0 spiro atoms. The number of nitrogens with two attached hydrogens (primary N) is 1. The number of ether oxygens (including phenoxy) is 1. The molecule has 25 heavy (non-hydrogen) atoms. The van der Waals surface area contributed by atoms with Gasteiger partial charge in [0.1, 0.15) is 11.1 Å². The van der Waals surface area contributed by atoms with Crippen molar-refractivity contribution in [2.75, 3.05) is 5.73 Å². The van der Waals surface area contributed by atoms with Gasteiger partial charge in [-0.1, -0.05) is 0 Å². The van der Waals surface area contributed by atoms with E-state index in [-0.39, 0.29) is 6.10 Å². The molecule has 1 aliphatic heterocycles. The van der Waals surface area contributed by atoms with E-state index in [0.29, 0.717) is 11.6 Å². The van der Waals surface area contributed by atoms with Crippen LogP contribution < -0.4 is 15.9 Å². The van der Waals surface area contributed by atoms with Gasteiger partial charge in [0.15, 0.2) is 11.6 Å². The van der Waals surface area contributed by atoms with E-state index >= 15 is 0 Å². The largest absolute Gasteiger partial charge is 0.496 e. The number of aromatic nitrogens is 2. The molecule has 1 aliphatic rings. The van der Waals surface area contributed by atoms with Gasteiger partial charge in [0.2, 0.25) is 0 Å². The Balaban J connectivity index is 1.82. The molecule has 0 saturated carbocycles. The minimum atomic E-state index is -0.502. The minimum Gasteiger partial charge on any atom is -0.480 e. The van der Waals surface area contributed by atoms with Gasteiger partial charge in [-0.05, 0) is 47.6 Å². The SMILES string of the molecule is Cc1csc(C(C)Oc2cc(B3OC(C)(C)C(C)(C)O3)cnc2N)n1. The zero-order valence-electron chi connectivity index (χ0n) is 15.5. The molecule has 0 bridgehead atoms. The molecule has 0 aromatic carbocycles. The fourth-order valence-electron chi connectivity index (χ4n) is 2.47. The molecule has 1 unspecified atom stereocenters. The molecular formula is C17H24BN3O3S. The number of nitrogen functional groups attached to an aromatic ring is 1. The first kappa shape index (κ1) is 18.2. The van der Waals surface area contributed by atoms with Crippen LogP contribution in [0.5, 0.6) is 5.75 Å². The molecule has 0 radical (unpaired) electrons. The molecule has 1 atom stereocenters. The van der Waals surface area contributed by atoms with Crippen molar-refractivity contribution in [2.45, 2.75) is 58.8 Å². The van der Waals surface area contributed by atoms with Crippen LogP contribution in [0.4, 0.5) is 5.82 Å². The Morgan fingerprint density at radius 2 is 1.88 bits per heavy atom. The van der Waals surface area contributed by atoms with Gasteiger partial charge in [-0.3, -0.25) is 0 Å². The fourth-order valence-corrected chi connectivity index (χ4v) is 3.25. The zero-order chi connectivity index (χ0) is 18.4. The predicted octanol–water partition coefficient (Wildman–Crippen LogP) is 2.87. The summed E-state index contributed by atoms with van der Waals surface area (Å²) in [4.78, 5) is 8.70. The van der Waals surface area contributed by atoms with E-state index in [2.05, 4.69) is 9.97 Å². The number of nitrogens with zero attached hydrogens (tertiary/aromatic N) is 2. The second-order valence-corrected chi connectivity index (χ2v) is 8.22. The van der Waals surface area contributed by atoms with Crippen molar-refractivity contribution in [3.05, 3.63) is 28.3 Å². The van der Waals surface area contributed by atoms with Crippen LogP contribution in [0.3, 0.4) is 0 Å². The number of pyridine rings is 1. The highest BCUT2D eigenvalue weighted by Gasteiger charge is 2.52. The van der Waals surface area contributed by atoms with E-state index in [9.17, 15) is 0 Å². The highest BCUT2D eigenvalue weighted by atomic mass is 32.1. The zero-order valence-corrected chi connectivity index (χ0v) is 16.3. The summed E-state index contributed by atoms with van der Waals surface area (Å²) < 4.78 is 18.1. The minimum absolute atomic E-state index is 0.212. The van der Waals surface area contributed by atoms with Crippen molar-refractivity contribution >= 4 is 29.7 Å². The number of hydrogen-bond donors (Lipinski definition) is 1. The van der Waals surface area contributed by atoms with Gasteiger partial charge < -0.3 is 19.8 Å². The molecule has 3 rings (SSSR count). The lowest BCUT2D eigenvalue weighted by atomic mass is 9.80. The smallest absolute Gasteiger partial charge is 0.480 e. The molecule has 1 saturated heterocycles. The number of aryl methyl sites for hydroxylation is 1. The maximum Gasteiger partial charge on any atom is 0.496 e. The normalized spacial score (nSPS) is 19.8. The molecule has 8 heteroatoms. The van der Waals surface area contributed by atoms with Gasteiger partial charge in [0.05, 0.1) is 11.2 Å². The van der Waals surface area contributed by atoms with E-state index in [1.165, 1.54) is 0 Å². The van der Waals surface area contributed by atoms with E-state index in [0.717, 1.165) is 16.2 Å². The quantitative estimate of drug-likeness (QED) is 0.844. The molecule has 2 N–H and O–H groups in total. The van der Waals surface area contributed by atoms with Crippen molar-refractivity contribution in [1.29, 1.82) is 0 Å². The summed E-state index contributed by atoms with van der Waals surface area (Å²) in [6.07, 6.45) is 1.46. The first-order valence-corrected chi connectivity index (χ1v) is 9.17. The van der Waals surface area contributed by atoms with Crippen LogP contribution in [0.1, 0.15) is 51.4 Å². The van der Waals surface area contributed by atoms with Gasteiger partial charge in [-0.2, -0.15) is 0 Å². The Bertz CT molecular complexity index is 762. The standard InChI is InChI=1S/C17H24BN3O3S/c1-10-9-25-15(21-10)11(2)22-13-7-12(8-20-14(13)19)18-23-16(3,4)17(5,6)24-18/h7-9,11H,1-6H3,(H2,19,20). The monoisotopic (exact) mass is 361 g/mol. The van der Waals surface area contributed by atoms with Gasteiger partial charge >= 0.3 is 7.12 Å². The van der Waals surface area contributed by atoms with Crippen LogP contribution in [0.25, 0.3) is 0 Å². The highest BCUT2D eigenvalue weighted by molar-refractivity contribution is 7.09. The van der Waals surface area contributed by atoms with Crippen LogP contribution in [0.15, 0.2) is 17.6 Å². The topological polar surface area (TPSA) is 79.5 Å². The van der Waals surface area contributed by atoms with Crippen molar-refractivity contribution < 1.29 is 14.0 Å². The molecular weight excluding hydrogens is 337 g/mol. The summed E-state index contributed by atoms with van der Waals surface area (Å²) in [6.45, 7) is 12.0. The van der Waals surface area contributed by atoms with Crippen LogP contribution in [0, 0.1) is 6.92 Å². The predicted molar refractivity (Wildman–Crippen MR) is 100 cm³/mol. The van der Waals surface area contributed by atoms with Gasteiger partial charge in [0.25, 0.3) is 0 Å². The van der Waals surface area contributed by atoms with Gasteiger partial charge in [-0.15, -0.1) is 11.3 Å². The molecule has 2 aromatic heterocycles. The third-order valence-electron chi connectivity index (χ3n) is 4.72. The van der Waals surface area contributed by atoms with Gasteiger partial charge in [-0.25, -0.2) is 9.97 Å². The van der Waals surface area contributed by atoms with Crippen molar-refractivity contribution in [3.63, 3.8) is 0 Å². The van der Waals surface area contributed by atoms with Crippen LogP contribution in [0.2, 0.25) is 0 Å². The Morgan fingerprint density at radius 1 is 1.24 bits per heavy atom. The lowest BCUT2D eigenvalue weighted by Gasteiger charge is -2.32. The molecule has 134 valence electrons. The van der Waals surface area contributed by atoms with E-state index in [4.69, 9.17) is 19.8 Å². The van der Waals surface area contributed by atoms with E-state index in [1.54, 1.807) is 17.5 Å². The summed E-state index contributed by atoms with van der Waals surface area (Å²) in [6, 6.07) is 1.83. The Morgan fingerprint density at radius 3 is 2.44 bits per heavy atom. The lowest BCUT2D eigenvalue weighted by Crippen LogP contribution is -2.41. The maximum absolute atomic E-state index is 6.07. The third kappa shape index (κ3) is 3.52. The Kier molecular flexibility index (Phi) is 4.55. The Hall–Kier alpha value is -1.64. The van der Waals surface area contributed by atoms with Gasteiger partial charge in [0, 0.05) is 22.7 Å². The van der Waals surface area contributed by atoms with Crippen LogP contribution >= 0.6 is 11.3 Å². The first-order valence-electron chi connectivity index (χ1n) is 8.29. The molecule has 3 heterocycles. The first-order chi connectivity index (χ1) is 11.6. The molecule has 0 amide bonds. The number of hydrogen-bond acceptors (Lipinski definition) is 7. The van der Waals surface area contributed by atoms with Crippen LogP contribution in [-0.2, 0) is 9.31 Å². The second kappa shape index (κ2) is 6.27. The second-order valence-electron chi connectivity index (χ2n) is 7.33. The van der Waals surface area contributed by atoms with E-state index in [1.807, 2.05) is 53.0 Å². The van der Waals surface area contributed by atoms with Crippen molar-refractivity contribution in [3.8, 4) is 5.75 Å². The average molecular weight is 361 g/mol. The third-order valence-corrected chi connectivity index (χ3v) is 5.84. The highest BCUT2D eigenvalue weighted by Crippen LogP contribution is 2.37. The Labute approximate surface area is 152 Å². The lowest BCUT2D eigenvalue weighted by molar-refractivity contribution is 0.00578. The molecule has 0 aliphatic carbocycles. The molecule has 1 fully saturated rings. The summed E-state index contributed by atoms with van der Waals surface area (Å²) >= 11 is 1.57. The number of rotatable bonds is 4. The number of thiazole rings is 1. The maximum atomic E-state index is 6.07. The molecule has 2 aromatic rings. The van der Waals surface area contributed by atoms with E-state index < -0.39 is 18.3 Å². The fraction of sp³-hybridized carbons (Fsp3) is 0.529.